The number of rotatable bonds is 4. The van der Waals surface area contributed by atoms with Gasteiger partial charge in [-0.2, -0.15) is 0 Å². The van der Waals surface area contributed by atoms with Crippen LogP contribution in [0.15, 0.2) is 88.3 Å². The van der Waals surface area contributed by atoms with Crippen molar-refractivity contribution in [2.75, 3.05) is 0 Å². The van der Waals surface area contributed by atoms with Gasteiger partial charge in [0.05, 0.1) is 10.9 Å². The summed E-state index contributed by atoms with van der Waals surface area (Å²) in [5.74, 6) is -0.747. The summed E-state index contributed by atoms with van der Waals surface area (Å²) in [7, 11) is 0. The molecular weight excluding hydrogens is 407 g/mol. The maximum Gasteiger partial charge on any atom is 0.336 e. The van der Waals surface area contributed by atoms with Gasteiger partial charge in [-0.25, -0.2) is 9.18 Å². The first-order valence-electron chi connectivity index (χ1n) is 8.97. The number of hydrogen-bond acceptors (Lipinski definition) is 4. The van der Waals surface area contributed by atoms with E-state index < -0.39 is 5.97 Å². The Morgan fingerprint density at radius 3 is 2.53 bits per heavy atom. The third-order valence-electron chi connectivity index (χ3n) is 4.41. The smallest absolute Gasteiger partial charge is 0.336 e. The molecule has 4 aromatic rings. The van der Waals surface area contributed by atoms with Gasteiger partial charge in [0.2, 0.25) is 5.43 Å². The second-order valence-electron chi connectivity index (χ2n) is 6.42. The van der Waals surface area contributed by atoms with E-state index in [1.165, 1.54) is 48.7 Å². The molecule has 148 valence electrons. The van der Waals surface area contributed by atoms with Crippen molar-refractivity contribution >= 4 is 34.6 Å². The van der Waals surface area contributed by atoms with Crippen molar-refractivity contribution in [3.05, 3.63) is 106 Å². The average molecular weight is 421 g/mol. The molecule has 0 atom stereocenters. The molecule has 0 saturated carbocycles. The van der Waals surface area contributed by atoms with E-state index in [-0.39, 0.29) is 22.6 Å². The highest BCUT2D eigenvalue weighted by atomic mass is 35.5. The highest BCUT2D eigenvalue weighted by molar-refractivity contribution is 6.33. The molecule has 4 nitrogen and oxygen atoms in total. The predicted octanol–water partition coefficient (Wildman–Crippen LogP) is 5.87. The van der Waals surface area contributed by atoms with Crippen LogP contribution >= 0.6 is 11.6 Å². The Morgan fingerprint density at radius 2 is 1.77 bits per heavy atom. The van der Waals surface area contributed by atoms with Crippen LogP contribution in [0.2, 0.25) is 5.02 Å². The zero-order chi connectivity index (χ0) is 21.1. The quantitative estimate of drug-likeness (QED) is 0.235. The van der Waals surface area contributed by atoms with E-state index in [1.807, 2.05) is 0 Å². The lowest BCUT2D eigenvalue weighted by Gasteiger charge is -2.06. The first-order valence-corrected chi connectivity index (χ1v) is 9.35. The summed E-state index contributed by atoms with van der Waals surface area (Å²) in [4.78, 5) is 24.9. The minimum atomic E-state index is -0.617. The van der Waals surface area contributed by atoms with E-state index in [1.54, 1.807) is 36.4 Å². The Hall–Kier alpha value is -3.70. The summed E-state index contributed by atoms with van der Waals surface area (Å²) in [6.45, 7) is 0. The van der Waals surface area contributed by atoms with E-state index in [4.69, 9.17) is 20.8 Å². The van der Waals surface area contributed by atoms with Crippen LogP contribution in [0.4, 0.5) is 4.39 Å². The number of fused-ring (bicyclic) bond motifs is 1. The van der Waals surface area contributed by atoms with Gasteiger partial charge in [-0.3, -0.25) is 4.79 Å². The fourth-order valence-corrected chi connectivity index (χ4v) is 3.16. The molecule has 0 radical (unpaired) electrons. The topological polar surface area (TPSA) is 56.5 Å². The second-order valence-corrected chi connectivity index (χ2v) is 6.83. The van der Waals surface area contributed by atoms with Crippen LogP contribution in [0.3, 0.4) is 0 Å². The minimum Gasteiger partial charge on any atom is -0.463 e. The third-order valence-corrected chi connectivity index (χ3v) is 4.74. The average Bonchev–Trinajstić information content (AvgIpc) is 2.74. The second kappa shape index (κ2) is 8.35. The summed E-state index contributed by atoms with van der Waals surface area (Å²) in [6.07, 6.45) is 4.08. The van der Waals surface area contributed by atoms with E-state index >= 15 is 0 Å². The molecule has 4 rings (SSSR count). The van der Waals surface area contributed by atoms with Crippen molar-refractivity contribution in [2.45, 2.75) is 0 Å². The van der Waals surface area contributed by atoms with Crippen LogP contribution in [0, 0.1) is 5.82 Å². The molecule has 0 aliphatic carbocycles. The molecule has 0 fully saturated rings. The maximum atomic E-state index is 12.9. The molecule has 0 spiro atoms. The van der Waals surface area contributed by atoms with E-state index in [0.29, 0.717) is 27.1 Å². The van der Waals surface area contributed by atoms with Crippen LogP contribution < -0.4 is 10.2 Å². The lowest BCUT2D eigenvalue weighted by molar-refractivity contribution is -0.128. The highest BCUT2D eigenvalue weighted by Gasteiger charge is 2.13. The largest absolute Gasteiger partial charge is 0.463 e. The van der Waals surface area contributed by atoms with Crippen molar-refractivity contribution < 1.29 is 18.3 Å². The van der Waals surface area contributed by atoms with Gasteiger partial charge in [0.1, 0.15) is 23.4 Å². The third kappa shape index (κ3) is 4.16. The predicted molar refractivity (Wildman–Crippen MR) is 114 cm³/mol. The molecule has 30 heavy (non-hydrogen) atoms. The number of benzene rings is 3. The van der Waals surface area contributed by atoms with Crippen molar-refractivity contribution in [3.8, 4) is 16.9 Å². The highest BCUT2D eigenvalue weighted by Crippen LogP contribution is 2.28. The van der Waals surface area contributed by atoms with Gasteiger partial charge in [-0.05, 0) is 42.0 Å². The number of esters is 1. The van der Waals surface area contributed by atoms with Crippen LogP contribution in [-0.4, -0.2) is 5.97 Å². The van der Waals surface area contributed by atoms with Crippen LogP contribution in [0.5, 0.6) is 5.75 Å². The van der Waals surface area contributed by atoms with Gasteiger partial charge in [0.25, 0.3) is 0 Å². The number of carbonyl (C=O) groups excluding carboxylic acids is 1. The standard InChI is InChI=1S/C24H14ClFO4/c25-21-4-2-1-3-18(21)20-14-29-22-13-17(10-11-19(22)24(20)28)30-23(27)12-7-15-5-8-16(26)9-6-15/h1-14H/b12-7+. The molecule has 0 bridgehead atoms. The fourth-order valence-electron chi connectivity index (χ4n) is 2.93. The zero-order valence-electron chi connectivity index (χ0n) is 15.5. The van der Waals surface area contributed by atoms with Gasteiger partial charge in [-0.1, -0.05) is 41.9 Å². The molecule has 0 aliphatic heterocycles. The SMILES string of the molecule is O=C(/C=C/c1ccc(F)cc1)Oc1ccc2c(=O)c(-c3ccccc3Cl)coc2c1. The number of halogens is 2. The molecule has 6 heteroatoms. The number of ether oxygens (including phenoxy) is 1. The van der Waals surface area contributed by atoms with Crippen molar-refractivity contribution in [3.63, 3.8) is 0 Å². The molecule has 1 aromatic heterocycles. The Bertz CT molecular complexity index is 1320. The molecule has 3 aromatic carbocycles. The van der Waals surface area contributed by atoms with Crippen molar-refractivity contribution in [1.82, 2.24) is 0 Å². The lowest BCUT2D eigenvalue weighted by atomic mass is 10.1. The first kappa shape index (κ1) is 19.6. The van der Waals surface area contributed by atoms with Gasteiger partial charge in [0.15, 0.2) is 0 Å². The van der Waals surface area contributed by atoms with Gasteiger partial charge < -0.3 is 9.15 Å². The summed E-state index contributed by atoms with van der Waals surface area (Å²) in [5.41, 5.74) is 1.63. The maximum absolute atomic E-state index is 12.9. The number of hydrogen-bond donors (Lipinski definition) is 0. The van der Waals surface area contributed by atoms with E-state index in [0.717, 1.165) is 0 Å². The van der Waals surface area contributed by atoms with Crippen LogP contribution in [0.25, 0.3) is 28.2 Å². The monoisotopic (exact) mass is 420 g/mol. The van der Waals surface area contributed by atoms with Gasteiger partial charge in [-0.15, -0.1) is 0 Å². The van der Waals surface area contributed by atoms with Gasteiger partial charge >= 0.3 is 5.97 Å². The molecule has 0 aliphatic rings. The number of carbonyl (C=O) groups is 1. The van der Waals surface area contributed by atoms with Gasteiger partial charge in [0, 0.05) is 22.7 Å². The van der Waals surface area contributed by atoms with E-state index in [2.05, 4.69) is 0 Å². The summed E-state index contributed by atoms with van der Waals surface area (Å²) in [6, 6.07) is 17.2. The van der Waals surface area contributed by atoms with E-state index in [9.17, 15) is 14.0 Å². The Balaban J connectivity index is 1.57. The normalized spacial score (nSPS) is 11.1. The fraction of sp³-hybridized carbons (Fsp3) is 0. The lowest BCUT2D eigenvalue weighted by Crippen LogP contribution is -2.06. The molecule has 0 saturated heterocycles. The molecule has 1 heterocycles. The van der Waals surface area contributed by atoms with Crippen LogP contribution in [-0.2, 0) is 4.79 Å². The zero-order valence-corrected chi connectivity index (χ0v) is 16.2. The van der Waals surface area contributed by atoms with Crippen molar-refractivity contribution in [1.29, 1.82) is 0 Å². The summed E-state index contributed by atoms with van der Waals surface area (Å²) in [5, 5.41) is 0.789. The molecule has 0 amide bonds. The first-order chi connectivity index (χ1) is 14.5. The Kier molecular flexibility index (Phi) is 5.46. The van der Waals surface area contributed by atoms with Crippen LogP contribution in [0.1, 0.15) is 5.56 Å². The minimum absolute atomic E-state index is 0.227. The Labute approximate surface area is 175 Å². The summed E-state index contributed by atoms with van der Waals surface area (Å²) >= 11 is 6.18. The summed E-state index contributed by atoms with van der Waals surface area (Å²) < 4.78 is 23.8. The molecular formula is C24H14ClFO4. The molecule has 0 unspecified atom stereocenters. The Morgan fingerprint density at radius 1 is 1.00 bits per heavy atom. The van der Waals surface area contributed by atoms with Crippen molar-refractivity contribution in [2.24, 2.45) is 0 Å². The molecule has 0 N–H and O–H groups in total.